The lowest BCUT2D eigenvalue weighted by molar-refractivity contribution is 0.0982. The molecule has 0 unspecified atom stereocenters. The third-order valence-corrected chi connectivity index (χ3v) is 3.32. The Labute approximate surface area is 104 Å². The summed E-state index contributed by atoms with van der Waals surface area (Å²) in [4.78, 5) is 11.9. The van der Waals surface area contributed by atoms with Crippen molar-refractivity contribution >= 4 is 17.1 Å². The van der Waals surface area contributed by atoms with Gasteiger partial charge in [0.15, 0.2) is 5.78 Å². The van der Waals surface area contributed by atoms with Gasteiger partial charge in [-0.3, -0.25) is 4.79 Å². The zero-order valence-electron chi connectivity index (χ0n) is 9.57. The van der Waals surface area contributed by atoms with E-state index >= 15 is 0 Å². The molecule has 0 radical (unpaired) electrons. The summed E-state index contributed by atoms with van der Waals surface area (Å²) in [5, 5.41) is 4.02. The number of ketones is 1. The highest BCUT2D eigenvalue weighted by Crippen LogP contribution is 2.14. The molecular formula is C14H13FOS. The van der Waals surface area contributed by atoms with Gasteiger partial charge in [-0.05, 0) is 59.5 Å². The van der Waals surface area contributed by atoms with E-state index in [2.05, 4.69) is 0 Å². The minimum absolute atomic E-state index is 0.00111. The van der Waals surface area contributed by atoms with Crippen LogP contribution in [0.2, 0.25) is 0 Å². The largest absolute Gasteiger partial charge is 0.294 e. The second-order valence-electron chi connectivity index (χ2n) is 4.07. The van der Waals surface area contributed by atoms with Gasteiger partial charge in [0.2, 0.25) is 0 Å². The zero-order chi connectivity index (χ0) is 12.3. The Morgan fingerprint density at radius 3 is 2.82 bits per heavy atom. The van der Waals surface area contributed by atoms with Crippen LogP contribution in [-0.4, -0.2) is 5.78 Å². The van der Waals surface area contributed by atoms with Gasteiger partial charge in [-0.25, -0.2) is 4.39 Å². The zero-order valence-corrected chi connectivity index (χ0v) is 10.4. The summed E-state index contributed by atoms with van der Waals surface area (Å²) in [6.07, 6.45) is 1.15. The van der Waals surface area contributed by atoms with Crippen molar-refractivity contribution in [2.75, 3.05) is 0 Å². The predicted octanol–water partition coefficient (Wildman–Crippen LogP) is 4.01. The summed E-state index contributed by atoms with van der Waals surface area (Å²) in [6.45, 7) is 1.79. The highest BCUT2D eigenvalue weighted by atomic mass is 32.1. The minimum Gasteiger partial charge on any atom is -0.294 e. The first kappa shape index (κ1) is 12.0. The fourth-order valence-corrected chi connectivity index (χ4v) is 2.44. The molecule has 1 nitrogen and oxygen atoms in total. The van der Waals surface area contributed by atoms with Crippen LogP contribution in [0.15, 0.2) is 35.0 Å². The SMILES string of the molecule is Cc1cc(F)cc(C(=O)CCc2ccsc2)c1. The number of carbonyl (C=O) groups is 1. The fraction of sp³-hybridized carbons (Fsp3) is 0.214. The van der Waals surface area contributed by atoms with Gasteiger partial charge in [-0.2, -0.15) is 11.3 Å². The predicted molar refractivity (Wildman–Crippen MR) is 68.1 cm³/mol. The Bertz CT molecular complexity index is 497. The number of Topliss-reactive ketones (excluding diaryl/α,β-unsaturated/α-hetero) is 1. The Morgan fingerprint density at radius 1 is 1.35 bits per heavy atom. The number of thiophene rings is 1. The van der Waals surface area contributed by atoms with Gasteiger partial charge in [-0.15, -0.1) is 0 Å². The molecule has 0 N–H and O–H groups in total. The average molecular weight is 248 g/mol. The number of carbonyl (C=O) groups excluding carboxylic acids is 1. The van der Waals surface area contributed by atoms with Crippen LogP contribution in [-0.2, 0) is 6.42 Å². The van der Waals surface area contributed by atoms with Crippen LogP contribution < -0.4 is 0 Å². The number of benzene rings is 1. The molecule has 0 aliphatic heterocycles. The van der Waals surface area contributed by atoms with Crippen LogP contribution >= 0.6 is 11.3 Å². The van der Waals surface area contributed by atoms with E-state index < -0.39 is 0 Å². The van der Waals surface area contributed by atoms with E-state index in [4.69, 9.17) is 0 Å². The maximum atomic E-state index is 13.2. The topological polar surface area (TPSA) is 17.1 Å². The quantitative estimate of drug-likeness (QED) is 0.747. The number of hydrogen-bond donors (Lipinski definition) is 0. The van der Waals surface area contributed by atoms with E-state index in [-0.39, 0.29) is 11.6 Å². The molecular weight excluding hydrogens is 235 g/mol. The molecule has 17 heavy (non-hydrogen) atoms. The molecule has 0 saturated carbocycles. The smallest absolute Gasteiger partial charge is 0.163 e. The maximum Gasteiger partial charge on any atom is 0.163 e. The van der Waals surface area contributed by atoms with Crippen LogP contribution in [0.4, 0.5) is 4.39 Å². The van der Waals surface area contributed by atoms with E-state index in [0.717, 1.165) is 17.5 Å². The summed E-state index contributed by atoms with van der Waals surface area (Å²) in [5.41, 5.74) is 2.41. The van der Waals surface area contributed by atoms with Crippen molar-refractivity contribution in [2.24, 2.45) is 0 Å². The van der Waals surface area contributed by atoms with E-state index in [9.17, 15) is 9.18 Å². The van der Waals surface area contributed by atoms with Gasteiger partial charge in [0.1, 0.15) is 5.82 Å². The van der Waals surface area contributed by atoms with E-state index in [1.807, 2.05) is 16.8 Å². The maximum absolute atomic E-state index is 13.2. The van der Waals surface area contributed by atoms with Crippen molar-refractivity contribution in [3.8, 4) is 0 Å². The van der Waals surface area contributed by atoms with Crippen molar-refractivity contribution in [3.05, 3.63) is 57.5 Å². The third kappa shape index (κ3) is 3.24. The Hall–Kier alpha value is -1.48. The van der Waals surface area contributed by atoms with Crippen LogP contribution in [0, 0.1) is 12.7 Å². The highest BCUT2D eigenvalue weighted by Gasteiger charge is 2.08. The minimum atomic E-state index is -0.344. The molecule has 2 rings (SSSR count). The second-order valence-corrected chi connectivity index (χ2v) is 4.85. The average Bonchev–Trinajstić information content (AvgIpc) is 2.77. The number of hydrogen-bond acceptors (Lipinski definition) is 2. The number of halogens is 1. The highest BCUT2D eigenvalue weighted by molar-refractivity contribution is 7.07. The van der Waals surface area contributed by atoms with Crippen LogP contribution in [0.25, 0.3) is 0 Å². The standard InChI is InChI=1S/C14H13FOS/c1-10-6-12(8-13(15)7-10)14(16)3-2-11-4-5-17-9-11/h4-9H,2-3H2,1H3. The molecule has 1 heterocycles. The molecule has 2 aromatic rings. The molecule has 0 spiro atoms. The van der Waals surface area contributed by atoms with Gasteiger partial charge in [0.05, 0.1) is 0 Å². The molecule has 0 saturated heterocycles. The lowest BCUT2D eigenvalue weighted by Crippen LogP contribution is -2.02. The summed E-state index contributed by atoms with van der Waals surface area (Å²) >= 11 is 1.62. The number of rotatable bonds is 4. The molecule has 3 heteroatoms. The van der Waals surface area contributed by atoms with Crippen molar-refractivity contribution < 1.29 is 9.18 Å². The van der Waals surface area contributed by atoms with Gasteiger partial charge < -0.3 is 0 Å². The molecule has 88 valence electrons. The lowest BCUT2D eigenvalue weighted by atomic mass is 10.0. The lowest BCUT2D eigenvalue weighted by Gasteiger charge is -2.02. The first-order chi connectivity index (χ1) is 8.15. The second kappa shape index (κ2) is 5.23. The normalized spacial score (nSPS) is 10.5. The van der Waals surface area contributed by atoms with Crippen LogP contribution in [0.1, 0.15) is 27.9 Å². The third-order valence-electron chi connectivity index (χ3n) is 2.58. The van der Waals surface area contributed by atoms with Gasteiger partial charge in [0, 0.05) is 12.0 Å². The molecule has 0 atom stereocenters. The summed E-state index contributed by atoms with van der Waals surface area (Å²) < 4.78 is 13.2. The summed E-state index contributed by atoms with van der Waals surface area (Å²) in [7, 11) is 0. The van der Waals surface area contributed by atoms with Gasteiger partial charge >= 0.3 is 0 Å². The molecule has 0 amide bonds. The molecule has 0 fully saturated rings. The Morgan fingerprint density at radius 2 is 2.18 bits per heavy atom. The fourth-order valence-electron chi connectivity index (χ4n) is 1.73. The van der Waals surface area contributed by atoms with Crippen LogP contribution in [0.5, 0.6) is 0 Å². The van der Waals surface area contributed by atoms with Gasteiger partial charge in [-0.1, -0.05) is 0 Å². The molecule has 1 aromatic heterocycles. The van der Waals surface area contributed by atoms with Crippen molar-refractivity contribution in [2.45, 2.75) is 19.8 Å². The van der Waals surface area contributed by atoms with Crippen molar-refractivity contribution in [3.63, 3.8) is 0 Å². The summed E-state index contributed by atoms with van der Waals surface area (Å²) in [5.74, 6) is -0.345. The first-order valence-corrected chi connectivity index (χ1v) is 6.41. The molecule has 1 aromatic carbocycles. The Balaban J connectivity index is 2.04. The number of aryl methyl sites for hydroxylation is 2. The van der Waals surface area contributed by atoms with E-state index in [0.29, 0.717) is 12.0 Å². The van der Waals surface area contributed by atoms with E-state index in [1.54, 1.807) is 24.3 Å². The molecule has 0 aliphatic rings. The first-order valence-electron chi connectivity index (χ1n) is 5.46. The van der Waals surface area contributed by atoms with Gasteiger partial charge in [0.25, 0.3) is 0 Å². The van der Waals surface area contributed by atoms with Crippen molar-refractivity contribution in [1.29, 1.82) is 0 Å². The molecule has 0 aliphatic carbocycles. The molecule has 0 bridgehead atoms. The van der Waals surface area contributed by atoms with Crippen LogP contribution in [0.3, 0.4) is 0 Å². The van der Waals surface area contributed by atoms with E-state index in [1.165, 1.54) is 12.1 Å². The summed E-state index contributed by atoms with van der Waals surface area (Å²) in [6, 6.07) is 6.48. The van der Waals surface area contributed by atoms with Crippen molar-refractivity contribution in [1.82, 2.24) is 0 Å². The Kier molecular flexibility index (Phi) is 3.69. The monoisotopic (exact) mass is 248 g/mol.